The molecule has 0 saturated carbocycles. The first-order valence-corrected chi connectivity index (χ1v) is 21.6. The fraction of sp³-hybridized carbons (Fsp3) is 0.867. The smallest absolute Gasteiger partial charge is 0.132 e. The van der Waals surface area contributed by atoms with Gasteiger partial charge >= 0.3 is 0 Å². The summed E-state index contributed by atoms with van der Waals surface area (Å²) >= 11 is 0. The number of hydrogen-bond donors (Lipinski definition) is 0. The van der Waals surface area contributed by atoms with Gasteiger partial charge in [-0.05, 0) is 93.7 Å². The Morgan fingerprint density at radius 2 is 0.653 bits per heavy atom. The van der Waals surface area contributed by atoms with E-state index < -0.39 is 0 Å². The Morgan fingerprint density at radius 1 is 0.367 bits per heavy atom. The zero-order valence-electron chi connectivity index (χ0n) is 34.2. The highest BCUT2D eigenvalue weighted by molar-refractivity contribution is 5.52. The lowest BCUT2D eigenvalue weighted by atomic mass is 9.89. The van der Waals surface area contributed by atoms with E-state index in [1.165, 1.54) is 179 Å². The van der Waals surface area contributed by atoms with Crippen molar-refractivity contribution in [1.82, 2.24) is 4.48 Å². The lowest BCUT2D eigenvalue weighted by Crippen LogP contribution is -2.35. The summed E-state index contributed by atoms with van der Waals surface area (Å²) in [6.45, 7) is 12.5. The van der Waals surface area contributed by atoms with Crippen molar-refractivity contribution in [3.8, 4) is 0 Å². The van der Waals surface area contributed by atoms with Crippen molar-refractivity contribution >= 4 is 5.69 Å². The van der Waals surface area contributed by atoms with Gasteiger partial charge in [-0.2, -0.15) is 0 Å². The highest BCUT2D eigenvalue weighted by Crippen LogP contribution is 2.30. The Morgan fingerprint density at radius 3 is 0.959 bits per heavy atom. The molecule has 0 radical (unpaired) electrons. The Balaban J connectivity index is 2.68. The summed E-state index contributed by atoms with van der Waals surface area (Å²) < 4.78 is 18.6. The van der Waals surface area contributed by atoms with Crippen molar-refractivity contribution in [2.75, 3.05) is 60.8 Å². The van der Waals surface area contributed by atoms with Gasteiger partial charge in [0.2, 0.25) is 0 Å². The maximum absolute atomic E-state index is 5.92. The van der Waals surface area contributed by atoms with Gasteiger partial charge in [-0.3, -0.25) is 4.48 Å². The second-order valence-corrected chi connectivity index (χ2v) is 15.8. The molecule has 0 saturated heterocycles. The molecule has 4 heteroatoms. The quantitative estimate of drug-likeness (QED) is 0.0514. The molecule has 0 unspecified atom stereocenters. The molecule has 0 N–H and O–H groups in total. The van der Waals surface area contributed by atoms with Crippen LogP contribution in [0.15, 0.2) is 12.1 Å². The van der Waals surface area contributed by atoms with Crippen LogP contribution in [-0.4, -0.2) is 60.8 Å². The molecule has 1 aromatic carbocycles. The highest BCUT2D eigenvalue weighted by Gasteiger charge is 2.19. The SMILES string of the molecule is CCCCCCOCCCCCCc1cc([N+](C)(C)C)cc(CCCCCCOCCCCCC)c1CCCCCCOCCCCCC. The van der Waals surface area contributed by atoms with Crippen molar-refractivity contribution in [3.63, 3.8) is 0 Å². The molecule has 0 aliphatic carbocycles. The molecule has 0 atom stereocenters. The van der Waals surface area contributed by atoms with E-state index in [9.17, 15) is 0 Å². The number of rotatable bonds is 37. The van der Waals surface area contributed by atoms with Crippen molar-refractivity contribution in [2.24, 2.45) is 0 Å². The van der Waals surface area contributed by atoms with Gasteiger partial charge in [0, 0.05) is 51.8 Å². The lowest BCUT2D eigenvalue weighted by Gasteiger charge is -2.27. The van der Waals surface area contributed by atoms with E-state index in [1.807, 2.05) is 0 Å². The minimum absolute atomic E-state index is 0.893. The maximum Gasteiger partial charge on any atom is 0.132 e. The third kappa shape index (κ3) is 26.5. The fourth-order valence-electron chi connectivity index (χ4n) is 6.74. The van der Waals surface area contributed by atoms with Gasteiger partial charge in [0.15, 0.2) is 0 Å². The molecule has 0 aliphatic rings. The molecular weight excluding hydrogens is 602 g/mol. The van der Waals surface area contributed by atoms with Crippen LogP contribution in [0.25, 0.3) is 0 Å². The van der Waals surface area contributed by atoms with E-state index in [0.717, 1.165) is 44.1 Å². The average Bonchev–Trinajstić information content (AvgIpc) is 3.08. The molecule has 0 aliphatic heterocycles. The molecule has 4 nitrogen and oxygen atoms in total. The first kappa shape index (κ1) is 46.1. The van der Waals surface area contributed by atoms with Crippen molar-refractivity contribution in [3.05, 3.63) is 28.8 Å². The average molecular weight is 689 g/mol. The van der Waals surface area contributed by atoms with Crippen LogP contribution in [0.3, 0.4) is 0 Å². The Kier molecular flexibility index (Phi) is 31.0. The Bertz CT molecular complexity index is 801. The van der Waals surface area contributed by atoms with Gasteiger partial charge in [0.1, 0.15) is 5.69 Å². The van der Waals surface area contributed by atoms with Crippen LogP contribution >= 0.6 is 0 Å². The van der Waals surface area contributed by atoms with E-state index in [0.29, 0.717) is 0 Å². The molecule has 0 spiro atoms. The molecule has 288 valence electrons. The van der Waals surface area contributed by atoms with Crippen molar-refractivity contribution < 1.29 is 14.2 Å². The van der Waals surface area contributed by atoms with Crippen LogP contribution in [0.1, 0.15) is 192 Å². The van der Waals surface area contributed by atoms with Gasteiger partial charge in [-0.25, -0.2) is 0 Å². The first-order valence-electron chi connectivity index (χ1n) is 21.6. The molecule has 0 bridgehead atoms. The van der Waals surface area contributed by atoms with Crippen LogP contribution in [0.5, 0.6) is 0 Å². The monoisotopic (exact) mass is 689 g/mol. The van der Waals surface area contributed by atoms with E-state index in [4.69, 9.17) is 14.2 Å². The first-order chi connectivity index (χ1) is 23.9. The molecule has 0 amide bonds. The van der Waals surface area contributed by atoms with Gasteiger partial charge in [0.25, 0.3) is 0 Å². The van der Waals surface area contributed by atoms with E-state index >= 15 is 0 Å². The standard InChI is InChI=1S/C45H86NO3/c1-7-10-13-25-34-47-37-28-19-16-22-31-42-40-44(46(4,5)6)41-43(32-23-17-20-29-38-48-35-26-14-11-8-2)45(42)33-24-18-21-30-39-49-36-27-15-12-9-3/h40-41H,7-39H2,1-6H3/q+1. The number of aryl methyl sites for hydroxylation is 2. The molecular formula is C45H86NO3+. The number of quaternary nitrogens is 1. The summed E-state index contributed by atoms with van der Waals surface area (Å²) in [5, 5.41) is 0. The van der Waals surface area contributed by atoms with E-state index in [1.54, 1.807) is 16.7 Å². The molecule has 0 aromatic heterocycles. The predicted molar refractivity (Wildman–Crippen MR) is 217 cm³/mol. The number of hydrogen-bond acceptors (Lipinski definition) is 3. The van der Waals surface area contributed by atoms with Crippen LogP contribution in [-0.2, 0) is 33.5 Å². The van der Waals surface area contributed by atoms with E-state index in [-0.39, 0.29) is 0 Å². The predicted octanol–water partition coefficient (Wildman–Crippen LogP) is 13.0. The van der Waals surface area contributed by atoms with Crippen molar-refractivity contribution in [1.29, 1.82) is 0 Å². The second-order valence-electron chi connectivity index (χ2n) is 15.8. The van der Waals surface area contributed by atoms with Gasteiger partial charge < -0.3 is 14.2 Å². The number of ether oxygens (including phenoxy) is 3. The highest BCUT2D eigenvalue weighted by atomic mass is 16.5. The molecule has 1 rings (SSSR count). The molecule has 0 fully saturated rings. The summed E-state index contributed by atoms with van der Waals surface area (Å²) in [4.78, 5) is 0. The van der Waals surface area contributed by atoms with Crippen LogP contribution in [0.2, 0.25) is 0 Å². The van der Waals surface area contributed by atoms with E-state index in [2.05, 4.69) is 54.0 Å². The minimum Gasteiger partial charge on any atom is -0.381 e. The summed E-state index contributed by atoms with van der Waals surface area (Å²) in [5.74, 6) is 0. The third-order valence-corrected chi connectivity index (χ3v) is 10.1. The lowest BCUT2D eigenvalue weighted by molar-refractivity contribution is 0.125. The van der Waals surface area contributed by atoms with Crippen LogP contribution in [0, 0.1) is 0 Å². The topological polar surface area (TPSA) is 27.7 Å². The zero-order chi connectivity index (χ0) is 35.7. The van der Waals surface area contributed by atoms with Crippen molar-refractivity contribution in [2.45, 2.75) is 194 Å². The summed E-state index contributed by atoms with van der Waals surface area (Å²) in [5.41, 5.74) is 6.44. The molecule has 0 heterocycles. The Labute approximate surface area is 307 Å². The normalized spacial score (nSPS) is 12.0. The minimum atomic E-state index is 0.893. The third-order valence-electron chi connectivity index (χ3n) is 10.1. The van der Waals surface area contributed by atoms with Crippen LogP contribution in [0.4, 0.5) is 5.69 Å². The largest absolute Gasteiger partial charge is 0.381 e. The fourth-order valence-corrected chi connectivity index (χ4v) is 6.74. The van der Waals surface area contributed by atoms with Gasteiger partial charge in [-0.15, -0.1) is 0 Å². The van der Waals surface area contributed by atoms with Gasteiger partial charge in [-0.1, -0.05) is 117 Å². The maximum atomic E-state index is 5.92. The number of nitrogens with zero attached hydrogens (tertiary/aromatic N) is 1. The zero-order valence-corrected chi connectivity index (χ0v) is 34.2. The summed E-state index contributed by atoms with van der Waals surface area (Å²) in [6.07, 6.45) is 34.5. The Hall–Kier alpha value is -0.940. The second kappa shape index (κ2) is 32.9. The number of unbranched alkanes of at least 4 members (excludes halogenated alkanes) is 18. The summed E-state index contributed by atoms with van der Waals surface area (Å²) in [7, 11) is 7.00. The summed E-state index contributed by atoms with van der Waals surface area (Å²) in [6, 6.07) is 5.14. The molecule has 1 aromatic rings. The van der Waals surface area contributed by atoms with Crippen LogP contribution < -0.4 is 4.48 Å². The number of benzene rings is 1. The van der Waals surface area contributed by atoms with Gasteiger partial charge in [0.05, 0.1) is 21.1 Å². The molecule has 49 heavy (non-hydrogen) atoms.